The second-order valence-electron chi connectivity index (χ2n) is 4.67. The van der Waals surface area contributed by atoms with Gasteiger partial charge in [0.25, 0.3) is 11.8 Å². The van der Waals surface area contributed by atoms with Gasteiger partial charge < -0.3 is 9.15 Å². The molecule has 118 valence electrons. The number of aryl methyl sites for hydroxylation is 1. The first kappa shape index (κ1) is 15.7. The van der Waals surface area contributed by atoms with Crippen molar-refractivity contribution in [3.05, 3.63) is 45.7 Å². The summed E-state index contributed by atoms with van der Waals surface area (Å²) in [7, 11) is 0. The minimum Gasteiger partial charge on any atom is -0.484 e. The van der Waals surface area contributed by atoms with Crippen molar-refractivity contribution in [3.63, 3.8) is 0 Å². The van der Waals surface area contributed by atoms with Crippen LogP contribution in [0.15, 0.2) is 44.6 Å². The molecule has 23 heavy (non-hydrogen) atoms. The third-order valence-electron chi connectivity index (χ3n) is 2.81. The van der Waals surface area contributed by atoms with E-state index in [-0.39, 0.29) is 18.5 Å². The summed E-state index contributed by atoms with van der Waals surface area (Å²) in [5.74, 6) is 0.625. The van der Waals surface area contributed by atoms with Gasteiger partial charge >= 0.3 is 6.01 Å². The zero-order valence-electron chi connectivity index (χ0n) is 12.1. The number of rotatable bonds is 5. The maximum absolute atomic E-state index is 11.9. The molecule has 6 nitrogen and oxygen atoms in total. The predicted octanol–water partition coefficient (Wildman–Crippen LogP) is 3.89. The number of nitrogens with zero attached hydrogens (tertiary/aromatic N) is 2. The minimum atomic E-state index is -0.367. The number of anilines is 1. The van der Waals surface area contributed by atoms with E-state index < -0.39 is 0 Å². The summed E-state index contributed by atoms with van der Waals surface area (Å²) in [6, 6.07) is 11.3. The van der Waals surface area contributed by atoms with Crippen molar-refractivity contribution in [1.29, 1.82) is 0 Å². The highest BCUT2D eigenvalue weighted by Gasteiger charge is 2.13. The van der Waals surface area contributed by atoms with Crippen molar-refractivity contribution in [3.8, 4) is 16.5 Å². The third-order valence-corrected chi connectivity index (χ3v) is 4.43. The molecule has 3 rings (SSSR count). The van der Waals surface area contributed by atoms with Crippen molar-refractivity contribution in [2.24, 2.45) is 0 Å². The Balaban J connectivity index is 1.57. The van der Waals surface area contributed by atoms with Crippen molar-refractivity contribution in [2.75, 3.05) is 11.9 Å². The molecule has 2 aromatic heterocycles. The summed E-state index contributed by atoms with van der Waals surface area (Å²) in [5, 5.41) is 10.2. The van der Waals surface area contributed by atoms with Gasteiger partial charge in [-0.05, 0) is 52.7 Å². The second kappa shape index (κ2) is 6.93. The van der Waals surface area contributed by atoms with Gasteiger partial charge in [0.2, 0.25) is 0 Å². The maximum Gasteiger partial charge on any atom is 0.322 e. The number of nitrogens with one attached hydrogen (secondary N) is 1. The molecule has 0 aliphatic rings. The van der Waals surface area contributed by atoms with Gasteiger partial charge in [-0.15, -0.1) is 16.4 Å². The van der Waals surface area contributed by atoms with Crippen LogP contribution in [-0.2, 0) is 4.79 Å². The lowest BCUT2D eigenvalue weighted by Crippen LogP contribution is -2.20. The van der Waals surface area contributed by atoms with Gasteiger partial charge in [0, 0.05) is 0 Å². The molecule has 0 bridgehead atoms. The molecular formula is C15H12BrN3O3S. The van der Waals surface area contributed by atoms with E-state index in [9.17, 15) is 4.79 Å². The van der Waals surface area contributed by atoms with Gasteiger partial charge in [-0.2, -0.15) is 0 Å². The van der Waals surface area contributed by atoms with Gasteiger partial charge in [-0.25, -0.2) is 0 Å². The molecule has 1 N–H and O–H groups in total. The Bertz CT molecular complexity index is 831. The number of benzene rings is 1. The lowest BCUT2D eigenvalue weighted by molar-refractivity contribution is -0.118. The normalized spacial score (nSPS) is 10.5. The van der Waals surface area contributed by atoms with E-state index in [1.165, 1.54) is 11.3 Å². The highest BCUT2D eigenvalue weighted by atomic mass is 79.9. The van der Waals surface area contributed by atoms with Crippen LogP contribution in [0.2, 0.25) is 0 Å². The predicted molar refractivity (Wildman–Crippen MR) is 90.6 cm³/mol. The molecule has 0 aliphatic heterocycles. The average Bonchev–Trinajstić information content (AvgIpc) is 3.14. The molecule has 1 amide bonds. The third kappa shape index (κ3) is 4.17. The zero-order valence-corrected chi connectivity index (χ0v) is 14.5. The van der Waals surface area contributed by atoms with E-state index in [0.29, 0.717) is 11.6 Å². The first-order chi connectivity index (χ1) is 11.1. The summed E-state index contributed by atoms with van der Waals surface area (Å²) >= 11 is 4.83. The fourth-order valence-electron chi connectivity index (χ4n) is 1.81. The SMILES string of the molecule is Cc1cccc(OCC(=O)Nc2nnc(-c3ccc(Br)s3)o2)c1. The van der Waals surface area contributed by atoms with Crippen LogP contribution < -0.4 is 10.1 Å². The highest BCUT2D eigenvalue weighted by molar-refractivity contribution is 9.11. The van der Waals surface area contributed by atoms with Crippen molar-refractivity contribution in [2.45, 2.75) is 6.92 Å². The van der Waals surface area contributed by atoms with Crippen LogP contribution in [0.25, 0.3) is 10.8 Å². The topological polar surface area (TPSA) is 77.2 Å². The van der Waals surface area contributed by atoms with E-state index in [0.717, 1.165) is 14.2 Å². The van der Waals surface area contributed by atoms with Gasteiger partial charge in [-0.1, -0.05) is 17.2 Å². The van der Waals surface area contributed by atoms with Crippen molar-refractivity contribution >= 4 is 39.2 Å². The first-order valence-electron chi connectivity index (χ1n) is 6.69. The van der Waals surface area contributed by atoms with Crippen LogP contribution in [0.5, 0.6) is 5.75 Å². The second-order valence-corrected chi connectivity index (χ2v) is 7.13. The number of thiophene rings is 1. The number of carbonyl (C=O) groups is 1. The highest BCUT2D eigenvalue weighted by Crippen LogP contribution is 2.30. The molecule has 0 radical (unpaired) electrons. The number of ether oxygens (including phenoxy) is 1. The molecule has 3 aromatic rings. The van der Waals surface area contributed by atoms with Gasteiger partial charge in [0.15, 0.2) is 6.61 Å². The Labute approximate surface area is 144 Å². The Morgan fingerprint density at radius 3 is 2.96 bits per heavy atom. The summed E-state index contributed by atoms with van der Waals surface area (Å²) in [4.78, 5) is 12.7. The number of amides is 1. The molecule has 1 aromatic carbocycles. The van der Waals surface area contributed by atoms with Crippen LogP contribution in [0.1, 0.15) is 5.56 Å². The number of carbonyl (C=O) groups excluding carboxylic acids is 1. The van der Waals surface area contributed by atoms with Gasteiger partial charge in [-0.3, -0.25) is 10.1 Å². The maximum atomic E-state index is 11.9. The molecule has 0 aliphatic carbocycles. The molecule has 0 fully saturated rings. The Kier molecular flexibility index (Phi) is 4.73. The monoisotopic (exact) mass is 393 g/mol. The van der Waals surface area contributed by atoms with E-state index in [4.69, 9.17) is 9.15 Å². The zero-order chi connectivity index (χ0) is 16.2. The number of hydrogen-bond acceptors (Lipinski definition) is 6. The van der Waals surface area contributed by atoms with Crippen LogP contribution in [0, 0.1) is 6.92 Å². The molecular weight excluding hydrogens is 382 g/mol. The van der Waals surface area contributed by atoms with Crippen LogP contribution in [0.4, 0.5) is 6.01 Å². The smallest absolute Gasteiger partial charge is 0.322 e. The number of halogens is 1. The summed E-state index contributed by atoms with van der Waals surface area (Å²) in [6.45, 7) is 1.82. The fourth-order valence-corrected chi connectivity index (χ4v) is 3.12. The fraction of sp³-hybridized carbons (Fsp3) is 0.133. The van der Waals surface area contributed by atoms with Crippen LogP contribution >= 0.6 is 27.3 Å². The van der Waals surface area contributed by atoms with Crippen molar-refractivity contribution < 1.29 is 13.9 Å². The molecule has 0 spiro atoms. The lowest BCUT2D eigenvalue weighted by atomic mass is 10.2. The van der Waals surface area contributed by atoms with Crippen LogP contribution in [-0.4, -0.2) is 22.7 Å². The van der Waals surface area contributed by atoms with Crippen LogP contribution in [0.3, 0.4) is 0 Å². The molecule has 0 atom stereocenters. The molecule has 0 saturated carbocycles. The summed E-state index contributed by atoms with van der Waals surface area (Å²) in [5.41, 5.74) is 1.06. The minimum absolute atomic E-state index is 0.0439. The standard InChI is InChI=1S/C15H12BrN3O3S/c1-9-3-2-4-10(7-9)21-8-13(20)17-15-19-18-14(22-15)11-5-6-12(16)23-11/h2-7H,8H2,1H3,(H,17,19,20). The molecule has 8 heteroatoms. The molecule has 0 unspecified atom stereocenters. The van der Waals surface area contributed by atoms with Gasteiger partial charge in [0.1, 0.15) is 5.75 Å². The van der Waals surface area contributed by atoms with E-state index in [1.807, 2.05) is 37.3 Å². The molecule has 2 heterocycles. The quantitative estimate of drug-likeness (QED) is 0.711. The summed E-state index contributed by atoms with van der Waals surface area (Å²) < 4.78 is 11.8. The first-order valence-corrected chi connectivity index (χ1v) is 8.29. The van der Waals surface area contributed by atoms with Crippen molar-refractivity contribution in [1.82, 2.24) is 10.2 Å². The average molecular weight is 394 g/mol. The molecule has 0 saturated heterocycles. The van der Waals surface area contributed by atoms with E-state index >= 15 is 0 Å². The number of hydrogen-bond donors (Lipinski definition) is 1. The summed E-state index contributed by atoms with van der Waals surface area (Å²) in [6.07, 6.45) is 0. The van der Waals surface area contributed by atoms with E-state index in [1.54, 1.807) is 6.07 Å². The Morgan fingerprint density at radius 1 is 1.35 bits per heavy atom. The lowest BCUT2D eigenvalue weighted by Gasteiger charge is -2.05. The largest absolute Gasteiger partial charge is 0.484 e. The Hall–Kier alpha value is -2.19. The Morgan fingerprint density at radius 2 is 2.22 bits per heavy atom. The number of aromatic nitrogens is 2. The van der Waals surface area contributed by atoms with E-state index in [2.05, 4.69) is 31.4 Å². The van der Waals surface area contributed by atoms with Gasteiger partial charge in [0.05, 0.1) is 8.66 Å².